The lowest BCUT2D eigenvalue weighted by Gasteiger charge is -2.30. The van der Waals surface area contributed by atoms with Gasteiger partial charge in [-0.25, -0.2) is 0 Å². The number of hydrogen-bond acceptors (Lipinski definition) is 3. The number of thiophene rings is 1. The predicted molar refractivity (Wildman–Crippen MR) is 83.6 cm³/mol. The van der Waals surface area contributed by atoms with Crippen molar-refractivity contribution in [1.82, 2.24) is 4.90 Å². The topological polar surface area (TPSA) is 29.3 Å². The van der Waals surface area contributed by atoms with Crippen molar-refractivity contribution in [2.24, 2.45) is 11.7 Å². The van der Waals surface area contributed by atoms with E-state index in [2.05, 4.69) is 63.6 Å². The first-order valence-corrected chi connectivity index (χ1v) is 8.28. The van der Waals surface area contributed by atoms with Crippen LogP contribution >= 0.6 is 43.2 Å². The van der Waals surface area contributed by atoms with E-state index >= 15 is 0 Å². The molecule has 0 spiro atoms. The summed E-state index contributed by atoms with van der Waals surface area (Å²) in [4.78, 5) is 3.78. The second kappa shape index (κ2) is 7.24. The molecule has 0 aliphatic heterocycles. The fraction of sp³-hybridized carbons (Fsp3) is 0.667. The van der Waals surface area contributed by atoms with Crippen LogP contribution in [0.3, 0.4) is 0 Å². The minimum absolute atomic E-state index is 0.329. The van der Waals surface area contributed by atoms with E-state index in [1.54, 1.807) is 11.3 Å². The maximum atomic E-state index is 5.95. The molecule has 0 saturated heterocycles. The molecule has 0 aliphatic rings. The Hall–Kier alpha value is 0.580. The van der Waals surface area contributed by atoms with Crippen LogP contribution in [0.5, 0.6) is 0 Å². The molecule has 0 aromatic carbocycles. The zero-order chi connectivity index (χ0) is 13.0. The maximum absolute atomic E-state index is 5.95. The highest BCUT2D eigenvalue weighted by Gasteiger charge is 2.21. The van der Waals surface area contributed by atoms with Gasteiger partial charge in [-0.05, 0) is 50.4 Å². The number of likely N-dealkylation sites (N-methyl/N-ethyl adjacent to an activating group) is 1. The lowest BCUT2D eigenvalue weighted by atomic mass is 10.1. The largest absolute Gasteiger partial charge is 0.329 e. The molecule has 1 heterocycles. The van der Waals surface area contributed by atoms with Crippen LogP contribution in [-0.4, -0.2) is 24.5 Å². The van der Waals surface area contributed by atoms with Gasteiger partial charge in [0.25, 0.3) is 0 Å². The van der Waals surface area contributed by atoms with E-state index in [0.717, 1.165) is 21.3 Å². The summed E-state index contributed by atoms with van der Waals surface area (Å²) in [6, 6.07) is 2.50. The van der Waals surface area contributed by atoms with E-state index in [-0.39, 0.29) is 0 Å². The molecule has 0 radical (unpaired) electrons. The van der Waals surface area contributed by atoms with Crippen LogP contribution in [0.2, 0.25) is 0 Å². The third kappa shape index (κ3) is 4.31. The molecule has 0 aliphatic carbocycles. The summed E-state index contributed by atoms with van der Waals surface area (Å²) in [6.45, 7) is 9.48. The monoisotopic (exact) mass is 382 g/mol. The first kappa shape index (κ1) is 15.6. The van der Waals surface area contributed by atoms with Gasteiger partial charge in [0, 0.05) is 22.4 Å². The third-order valence-corrected chi connectivity index (χ3v) is 6.02. The lowest BCUT2D eigenvalue weighted by Crippen LogP contribution is -2.35. The van der Waals surface area contributed by atoms with E-state index in [4.69, 9.17) is 5.73 Å². The fourth-order valence-corrected chi connectivity index (χ4v) is 4.16. The Kier molecular flexibility index (Phi) is 6.66. The van der Waals surface area contributed by atoms with Crippen LogP contribution in [0.1, 0.15) is 31.7 Å². The summed E-state index contributed by atoms with van der Waals surface area (Å²) < 4.78 is 2.27. The standard InChI is InChI=1S/C12H20Br2N2S/c1-4-16(7-8(2)3)10(6-15)11-5-9(13)12(14)17-11/h5,8,10H,4,6-7,15H2,1-3H3. The zero-order valence-corrected chi connectivity index (χ0v) is 14.5. The summed E-state index contributed by atoms with van der Waals surface area (Å²) in [5.74, 6) is 0.663. The van der Waals surface area contributed by atoms with Gasteiger partial charge < -0.3 is 5.73 Å². The molecule has 1 unspecified atom stereocenters. The van der Waals surface area contributed by atoms with Crippen LogP contribution < -0.4 is 5.73 Å². The second-order valence-corrected chi connectivity index (χ2v) is 7.76. The molecule has 1 atom stereocenters. The molecule has 0 amide bonds. The Morgan fingerprint density at radius 3 is 2.41 bits per heavy atom. The van der Waals surface area contributed by atoms with Gasteiger partial charge in [0.05, 0.1) is 9.83 Å². The van der Waals surface area contributed by atoms with Crippen molar-refractivity contribution in [3.63, 3.8) is 0 Å². The molecule has 0 saturated carbocycles. The van der Waals surface area contributed by atoms with Crippen molar-refractivity contribution in [1.29, 1.82) is 0 Å². The van der Waals surface area contributed by atoms with Crippen molar-refractivity contribution in [2.75, 3.05) is 19.6 Å². The SMILES string of the molecule is CCN(CC(C)C)C(CN)c1cc(Br)c(Br)s1. The smallest absolute Gasteiger partial charge is 0.0843 e. The highest BCUT2D eigenvalue weighted by atomic mass is 79.9. The molecule has 0 bridgehead atoms. The Morgan fingerprint density at radius 1 is 1.41 bits per heavy atom. The van der Waals surface area contributed by atoms with E-state index in [1.807, 2.05) is 0 Å². The summed E-state index contributed by atoms with van der Waals surface area (Å²) >= 11 is 8.85. The highest BCUT2D eigenvalue weighted by Crippen LogP contribution is 2.37. The molecule has 17 heavy (non-hydrogen) atoms. The van der Waals surface area contributed by atoms with Gasteiger partial charge in [-0.3, -0.25) is 4.90 Å². The summed E-state index contributed by atoms with van der Waals surface area (Å²) in [6.07, 6.45) is 0. The van der Waals surface area contributed by atoms with Gasteiger partial charge in [-0.15, -0.1) is 11.3 Å². The Labute approximate surface area is 125 Å². The molecule has 1 rings (SSSR count). The molecule has 1 aromatic rings. The van der Waals surface area contributed by atoms with E-state index in [0.29, 0.717) is 18.5 Å². The van der Waals surface area contributed by atoms with Crippen LogP contribution in [0.4, 0.5) is 0 Å². The number of rotatable bonds is 6. The average molecular weight is 384 g/mol. The molecule has 0 fully saturated rings. The molecule has 1 aromatic heterocycles. The molecule has 2 N–H and O–H groups in total. The normalized spacial score (nSPS) is 13.6. The minimum Gasteiger partial charge on any atom is -0.329 e. The molecular formula is C12H20Br2N2S. The van der Waals surface area contributed by atoms with Gasteiger partial charge in [-0.1, -0.05) is 20.8 Å². The quantitative estimate of drug-likeness (QED) is 0.795. The van der Waals surface area contributed by atoms with Gasteiger partial charge in [0.15, 0.2) is 0 Å². The van der Waals surface area contributed by atoms with E-state index in [1.165, 1.54) is 4.88 Å². The minimum atomic E-state index is 0.329. The molecule has 2 nitrogen and oxygen atoms in total. The van der Waals surface area contributed by atoms with Crippen molar-refractivity contribution in [3.05, 3.63) is 19.2 Å². The zero-order valence-electron chi connectivity index (χ0n) is 10.5. The third-order valence-electron chi connectivity index (χ3n) is 2.66. The van der Waals surface area contributed by atoms with E-state index in [9.17, 15) is 0 Å². The Bertz CT molecular complexity index is 333. The first-order chi connectivity index (χ1) is 7.99. The van der Waals surface area contributed by atoms with Crippen LogP contribution in [0.25, 0.3) is 0 Å². The fourth-order valence-electron chi connectivity index (χ4n) is 1.92. The van der Waals surface area contributed by atoms with Gasteiger partial charge >= 0.3 is 0 Å². The Balaban J connectivity index is 2.88. The van der Waals surface area contributed by atoms with Crippen LogP contribution in [-0.2, 0) is 0 Å². The van der Waals surface area contributed by atoms with Gasteiger partial charge in [0.1, 0.15) is 0 Å². The maximum Gasteiger partial charge on any atom is 0.0843 e. The summed E-state index contributed by atoms with van der Waals surface area (Å²) in [7, 11) is 0. The van der Waals surface area contributed by atoms with Crippen molar-refractivity contribution in [3.8, 4) is 0 Å². The molecular weight excluding hydrogens is 364 g/mol. The summed E-state index contributed by atoms with van der Waals surface area (Å²) in [5.41, 5.74) is 5.95. The first-order valence-electron chi connectivity index (χ1n) is 5.88. The summed E-state index contributed by atoms with van der Waals surface area (Å²) in [5, 5.41) is 0. The van der Waals surface area contributed by atoms with Gasteiger partial charge in [-0.2, -0.15) is 0 Å². The van der Waals surface area contributed by atoms with Crippen LogP contribution in [0, 0.1) is 5.92 Å². The number of nitrogens with zero attached hydrogens (tertiary/aromatic N) is 1. The van der Waals surface area contributed by atoms with E-state index < -0.39 is 0 Å². The van der Waals surface area contributed by atoms with Gasteiger partial charge in [0.2, 0.25) is 0 Å². The van der Waals surface area contributed by atoms with Crippen molar-refractivity contribution < 1.29 is 0 Å². The number of nitrogens with two attached hydrogens (primary N) is 1. The van der Waals surface area contributed by atoms with Crippen molar-refractivity contribution in [2.45, 2.75) is 26.8 Å². The second-order valence-electron chi connectivity index (χ2n) is 4.50. The predicted octanol–water partition coefficient (Wildman–Crippen LogP) is 4.25. The average Bonchev–Trinajstić information content (AvgIpc) is 2.58. The number of halogens is 2. The van der Waals surface area contributed by atoms with Crippen LogP contribution in [0.15, 0.2) is 14.3 Å². The molecule has 98 valence electrons. The highest BCUT2D eigenvalue weighted by molar-refractivity contribution is 9.13. The molecule has 5 heteroatoms. The lowest BCUT2D eigenvalue weighted by molar-refractivity contribution is 0.192. The Morgan fingerprint density at radius 2 is 2.06 bits per heavy atom. The number of hydrogen-bond donors (Lipinski definition) is 1. The van der Waals surface area contributed by atoms with Crippen molar-refractivity contribution >= 4 is 43.2 Å².